The Balaban J connectivity index is 2.42. The molecule has 2 N–H and O–H groups in total. The van der Waals surface area contributed by atoms with Crippen LogP contribution in [-0.2, 0) is 10.0 Å². The van der Waals surface area contributed by atoms with Crippen LogP contribution in [0.5, 0.6) is 11.9 Å². The van der Waals surface area contributed by atoms with Gasteiger partial charge in [0.1, 0.15) is 10.6 Å². The van der Waals surface area contributed by atoms with E-state index in [4.69, 9.17) is 9.47 Å². The number of aromatic amines is 1. The largest absolute Gasteiger partial charge is 0.479 e. The molecule has 0 aromatic carbocycles. The van der Waals surface area contributed by atoms with E-state index >= 15 is 0 Å². The molecule has 0 aliphatic rings. The molecule has 0 radical (unpaired) electrons. The summed E-state index contributed by atoms with van der Waals surface area (Å²) in [5.41, 5.74) is 0.917. The lowest BCUT2D eigenvalue weighted by Crippen LogP contribution is -2.16. The maximum Gasteiger partial charge on any atom is 0.319 e. The van der Waals surface area contributed by atoms with Crippen LogP contribution in [0, 0.1) is 13.8 Å². The van der Waals surface area contributed by atoms with Crippen LogP contribution < -0.4 is 14.2 Å². The van der Waals surface area contributed by atoms with Gasteiger partial charge in [0.2, 0.25) is 5.88 Å². The highest BCUT2D eigenvalue weighted by Gasteiger charge is 2.24. The van der Waals surface area contributed by atoms with Crippen molar-refractivity contribution < 1.29 is 17.9 Å². The summed E-state index contributed by atoms with van der Waals surface area (Å²) in [6.45, 7) is 3.22. The van der Waals surface area contributed by atoms with Crippen molar-refractivity contribution in [1.29, 1.82) is 0 Å². The number of methoxy groups -OCH3 is 2. The number of H-pyrrole nitrogens is 1. The molecule has 0 unspecified atom stereocenters. The first-order valence-electron chi connectivity index (χ1n) is 5.88. The molecule has 2 rings (SSSR count). The van der Waals surface area contributed by atoms with E-state index < -0.39 is 10.0 Å². The second-order valence-corrected chi connectivity index (χ2v) is 5.77. The van der Waals surface area contributed by atoms with Gasteiger partial charge in [-0.25, -0.2) is 13.4 Å². The topological polar surface area (TPSA) is 119 Å². The number of sulfonamides is 1. The number of nitrogens with one attached hydrogen (secondary N) is 2. The summed E-state index contributed by atoms with van der Waals surface area (Å²) in [6, 6.07) is 0.0745. The highest BCUT2D eigenvalue weighted by molar-refractivity contribution is 7.92. The second kappa shape index (κ2) is 5.56. The first-order chi connectivity index (χ1) is 9.89. The summed E-state index contributed by atoms with van der Waals surface area (Å²) in [4.78, 5) is 7.85. The van der Waals surface area contributed by atoms with Crippen molar-refractivity contribution in [2.45, 2.75) is 18.7 Å². The Labute approximate surface area is 121 Å². The zero-order chi connectivity index (χ0) is 15.6. The fourth-order valence-corrected chi connectivity index (χ4v) is 3.22. The molecule has 10 heteroatoms. The fraction of sp³-hybridized carbons (Fsp3) is 0.364. The Morgan fingerprint density at radius 3 is 2.48 bits per heavy atom. The minimum atomic E-state index is -3.83. The Kier molecular flexibility index (Phi) is 3.98. The van der Waals surface area contributed by atoms with E-state index in [2.05, 4.69) is 24.9 Å². The number of anilines is 1. The first kappa shape index (κ1) is 15.0. The minimum Gasteiger partial charge on any atom is -0.479 e. The molecule has 0 atom stereocenters. The van der Waals surface area contributed by atoms with Crippen molar-refractivity contribution in [2.75, 3.05) is 18.9 Å². The van der Waals surface area contributed by atoms with Gasteiger partial charge in [0.25, 0.3) is 10.0 Å². The molecule has 0 fully saturated rings. The molecule has 0 saturated heterocycles. The van der Waals surface area contributed by atoms with Gasteiger partial charge in [-0.3, -0.25) is 9.82 Å². The normalized spacial score (nSPS) is 11.2. The molecule has 0 spiro atoms. The van der Waals surface area contributed by atoms with E-state index in [1.54, 1.807) is 13.8 Å². The van der Waals surface area contributed by atoms with E-state index in [0.29, 0.717) is 11.4 Å². The number of rotatable bonds is 5. The van der Waals surface area contributed by atoms with Crippen LogP contribution in [0.25, 0.3) is 0 Å². The minimum absolute atomic E-state index is 0.0595. The van der Waals surface area contributed by atoms with Crippen molar-refractivity contribution in [3.63, 3.8) is 0 Å². The van der Waals surface area contributed by atoms with Gasteiger partial charge in [-0.1, -0.05) is 0 Å². The van der Waals surface area contributed by atoms with Crippen molar-refractivity contribution in [2.24, 2.45) is 0 Å². The Morgan fingerprint density at radius 2 is 1.95 bits per heavy atom. The summed E-state index contributed by atoms with van der Waals surface area (Å²) in [7, 11) is -1.06. The Hall–Kier alpha value is -2.36. The van der Waals surface area contributed by atoms with Gasteiger partial charge in [-0.15, -0.1) is 0 Å². The van der Waals surface area contributed by atoms with Crippen molar-refractivity contribution in [3.05, 3.63) is 17.6 Å². The highest BCUT2D eigenvalue weighted by atomic mass is 32.2. The van der Waals surface area contributed by atoms with Gasteiger partial charge in [0, 0.05) is 0 Å². The number of nitrogens with zero attached hydrogens (tertiary/aromatic N) is 3. The number of aromatic nitrogens is 4. The molecular formula is C11H15N5O4S. The predicted octanol–water partition coefficient (Wildman–Crippen LogP) is 0.635. The zero-order valence-corrected chi connectivity index (χ0v) is 12.8. The molecule has 9 nitrogen and oxygen atoms in total. The SMILES string of the molecule is COc1ncc(NS(=O)(=O)c2c(C)n[nH]c2C)c(OC)n1. The fourth-order valence-electron chi connectivity index (χ4n) is 1.81. The summed E-state index contributed by atoms with van der Waals surface area (Å²) in [6.07, 6.45) is 1.27. The Bertz CT molecular complexity index is 736. The number of hydrogen-bond donors (Lipinski definition) is 2. The average Bonchev–Trinajstić information content (AvgIpc) is 2.78. The average molecular weight is 313 g/mol. The summed E-state index contributed by atoms with van der Waals surface area (Å²) in [5, 5.41) is 6.49. The van der Waals surface area contributed by atoms with E-state index in [9.17, 15) is 8.42 Å². The van der Waals surface area contributed by atoms with Gasteiger partial charge >= 0.3 is 6.01 Å². The predicted molar refractivity (Wildman–Crippen MR) is 74.0 cm³/mol. The smallest absolute Gasteiger partial charge is 0.319 e. The van der Waals surface area contributed by atoms with Gasteiger partial charge < -0.3 is 9.47 Å². The molecule has 0 aliphatic carbocycles. The van der Waals surface area contributed by atoms with E-state index in [0.717, 1.165) is 0 Å². The molecule has 21 heavy (non-hydrogen) atoms. The molecule has 2 heterocycles. The molecular weight excluding hydrogens is 298 g/mol. The van der Waals surface area contributed by atoms with E-state index in [1.807, 2.05) is 0 Å². The van der Waals surface area contributed by atoms with Crippen LogP contribution in [-0.4, -0.2) is 42.8 Å². The lowest BCUT2D eigenvalue weighted by atomic mass is 10.4. The number of aryl methyl sites for hydroxylation is 2. The van der Waals surface area contributed by atoms with Gasteiger partial charge in [0.05, 0.1) is 31.8 Å². The third-order valence-electron chi connectivity index (χ3n) is 2.68. The maximum absolute atomic E-state index is 12.4. The summed E-state index contributed by atoms with van der Waals surface area (Å²) in [5.74, 6) is 0.0595. The summed E-state index contributed by atoms with van der Waals surface area (Å²) < 4.78 is 37.1. The third kappa shape index (κ3) is 2.89. The third-order valence-corrected chi connectivity index (χ3v) is 4.31. The lowest BCUT2D eigenvalue weighted by molar-refractivity contribution is 0.353. The van der Waals surface area contributed by atoms with Crippen LogP contribution in [0.15, 0.2) is 11.1 Å². The van der Waals surface area contributed by atoms with Gasteiger partial charge in [0.15, 0.2) is 0 Å². The standard InChI is InChI=1S/C11H15N5O4S/c1-6-9(7(2)15-14-6)21(17,18)16-8-5-12-11(20-4)13-10(8)19-3/h5,16H,1-4H3,(H,14,15). The molecule has 0 bridgehead atoms. The van der Waals surface area contributed by atoms with Crippen LogP contribution in [0.2, 0.25) is 0 Å². The number of ether oxygens (including phenoxy) is 2. The van der Waals surface area contributed by atoms with Crippen molar-refractivity contribution in [3.8, 4) is 11.9 Å². The highest BCUT2D eigenvalue weighted by Crippen LogP contribution is 2.27. The number of hydrogen-bond acceptors (Lipinski definition) is 7. The molecule has 0 saturated carbocycles. The van der Waals surface area contributed by atoms with Gasteiger partial charge in [-0.2, -0.15) is 10.1 Å². The van der Waals surface area contributed by atoms with Crippen LogP contribution >= 0.6 is 0 Å². The molecule has 2 aromatic rings. The zero-order valence-electron chi connectivity index (χ0n) is 12.0. The lowest BCUT2D eigenvalue weighted by Gasteiger charge is -2.11. The van der Waals surface area contributed by atoms with E-state index in [1.165, 1.54) is 20.4 Å². The van der Waals surface area contributed by atoms with E-state index in [-0.39, 0.29) is 22.5 Å². The first-order valence-corrected chi connectivity index (χ1v) is 7.36. The Morgan fingerprint density at radius 1 is 1.24 bits per heavy atom. The monoisotopic (exact) mass is 313 g/mol. The van der Waals surface area contributed by atoms with Crippen LogP contribution in [0.4, 0.5) is 5.69 Å². The molecule has 0 amide bonds. The van der Waals surface area contributed by atoms with Crippen LogP contribution in [0.1, 0.15) is 11.4 Å². The second-order valence-electron chi connectivity index (χ2n) is 4.15. The van der Waals surface area contributed by atoms with Crippen molar-refractivity contribution in [1.82, 2.24) is 20.2 Å². The van der Waals surface area contributed by atoms with Gasteiger partial charge in [-0.05, 0) is 13.8 Å². The summed E-state index contributed by atoms with van der Waals surface area (Å²) >= 11 is 0. The van der Waals surface area contributed by atoms with Crippen molar-refractivity contribution >= 4 is 15.7 Å². The van der Waals surface area contributed by atoms with Crippen LogP contribution in [0.3, 0.4) is 0 Å². The molecule has 0 aliphatic heterocycles. The molecule has 2 aromatic heterocycles. The quantitative estimate of drug-likeness (QED) is 0.831. The molecule has 114 valence electrons. The maximum atomic E-state index is 12.4.